The molecular formula is C13H21N3S. The molecule has 94 valence electrons. The number of nitriles is 1. The minimum Gasteiger partial charge on any atom is -0.310 e. The lowest BCUT2D eigenvalue weighted by atomic mass is 9.88. The first-order valence-corrected chi connectivity index (χ1v) is 6.90. The van der Waals surface area contributed by atoms with Crippen LogP contribution < -0.4 is 5.32 Å². The van der Waals surface area contributed by atoms with Crippen molar-refractivity contribution in [2.75, 3.05) is 6.54 Å². The minimum atomic E-state index is 0.181. The van der Waals surface area contributed by atoms with E-state index in [0.717, 1.165) is 30.9 Å². The van der Waals surface area contributed by atoms with E-state index in [-0.39, 0.29) is 5.41 Å². The molecule has 1 aromatic heterocycles. The van der Waals surface area contributed by atoms with E-state index in [9.17, 15) is 0 Å². The fourth-order valence-corrected chi connectivity index (χ4v) is 2.42. The van der Waals surface area contributed by atoms with Crippen molar-refractivity contribution in [2.45, 2.75) is 46.6 Å². The first-order chi connectivity index (χ1) is 8.07. The third-order valence-corrected chi connectivity index (χ3v) is 3.88. The second-order valence-electron chi connectivity index (χ2n) is 5.00. The van der Waals surface area contributed by atoms with E-state index in [0.29, 0.717) is 6.42 Å². The zero-order valence-corrected chi connectivity index (χ0v) is 11.7. The average molecular weight is 251 g/mol. The molecule has 0 unspecified atom stereocenters. The minimum absolute atomic E-state index is 0.181. The van der Waals surface area contributed by atoms with Gasteiger partial charge in [-0.2, -0.15) is 5.26 Å². The summed E-state index contributed by atoms with van der Waals surface area (Å²) < 4.78 is 0. The molecule has 0 amide bonds. The van der Waals surface area contributed by atoms with Crippen molar-refractivity contribution in [3.8, 4) is 6.07 Å². The molecule has 0 bridgehead atoms. The fraction of sp³-hybridized carbons (Fsp3) is 0.692. The second-order valence-corrected chi connectivity index (χ2v) is 6.20. The lowest BCUT2D eigenvalue weighted by Gasteiger charge is -2.23. The van der Waals surface area contributed by atoms with E-state index >= 15 is 0 Å². The van der Waals surface area contributed by atoms with Gasteiger partial charge in [0.2, 0.25) is 0 Å². The van der Waals surface area contributed by atoms with Gasteiger partial charge in [0, 0.05) is 30.6 Å². The summed E-state index contributed by atoms with van der Waals surface area (Å²) in [4.78, 5) is 5.71. The Kier molecular flexibility index (Phi) is 5.60. The molecule has 0 aliphatic heterocycles. The van der Waals surface area contributed by atoms with Crippen LogP contribution in [-0.4, -0.2) is 11.5 Å². The van der Waals surface area contributed by atoms with Gasteiger partial charge >= 0.3 is 0 Å². The molecule has 0 saturated carbocycles. The quantitative estimate of drug-likeness (QED) is 0.810. The lowest BCUT2D eigenvalue weighted by molar-refractivity contribution is 0.317. The normalized spacial score (nSPS) is 11.4. The lowest BCUT2D eigenvalue weighted by Crippen LogP contribution is -2.28. The second kappa shape index (κ2) is 6.73. The Morgan fingerprint density at radius 1 is 1.53 bits per heavy atom. The number of aromatic nitrogens is 1. The standard InChI is InChI=1S/C13H21N3S/c1-4-11-8-16-12(17-11)9-15-10-13(2,3)6-5-7-14/h8,15H,4-6,9-10H2,1-3H3. The maximum Gasteiger partial charge on any atom is 0.107 e. The van der Waals surface area contributed by atoms with E-state index < -0.39 is 0 Å². The van der Waals surface area contributed by atoms with Gasteiger partial charge in [0.1, 0.15) is 5.01 Å². The van der Waals surface area contributed by atoms with Crippen LogP contribution in [-0.2, 0) is 13.0 Å². The van der Waals surface area contributed by atoms with E-state index in [1.165, 1.54) is 4.88 Å². The maximum absolute atomic E-state index is 8.58. The molecule has 1 rings (SSSR count). The van der Waals surface area contributed by atoms with Crippen molar-refractivity contribution in [3.63, 3.8) is 0 Å². The Labute approximate surface area is 108 Å². The van der Waals surface area contributed by atoms with Gasteiger partial charge in [-0.15, -0.1) is 11.3 Å². The molecule has 0 radical (unpaired) electrons. The largest absolute Gasteiger partial charge is 0.310 e. The van der Waals surface area contributed by atoms with Gasteiger partial charge < -0.3 is 5.32 Å². The van der Waals surface area contributed by atoms with Crippen molar-refractivity contribution in [3.05, 3.63) is 16.1 Å². The molecular weight excluding hydrogens is 230 g/mol. The smallest absolute Gasteiger partial charge is 0.107 e. The summed E-state index contributed by atoms with van der Waals surface area (Å²) in [5, 5.41) is 13.2. The van der Waals surface area contributed by atoms with Gasteiger partial charge in [-0.25, -0.2) is 4.98 Å². The van der Waals surface area contributed by atoms with Crippen molar-refractivity contribution in [2.24, 2.45) is 5.41 Å². The van der Waals surface area contributed by atoms with E-state index in [1.54, 1.807) is 11.3 Å². The Hall–Kier alpha value is -0.920. The summed E-state index contributed by atoms with van der Waals surface area (Å²) in [5.74, 6) is 0. The summed E-state index contributed by atoms with van der Waals surface area (Å²) in [7, 11) is 0. The van der Waals surface area contributed by atoms with E-state index in [2.05, 4.69) is 37.1 Å². The van der Waals surface area contributed by atoms with Crippen molar-refractivity contribution in [1.82, 2.24) is 10.3 Å². The van der Waals surface area contributed by atoms with Crippen LogP contribution >= 0.6 is 11.3 Å². The predicted octanol–water partition coefficient (Wildman–Crippen LogP) is 3.13. The third kappa shape index (κ3) is 5.29. The van der Waals surface area contributed by atoms with Crippen LogP contribution in [0.3, 0.4) is 0 Å². The Morgan fingerprint density at radius 2 is 2.29 bits per heavy atom. The molecule has 0 spiro atoms. The zero-order valence-electron chi connectivity index (χ0n) is 10.9. The molecule has 4 heteroatoms. The van der Waals surface area contributed by atoms with Crippen LogP contribution in [0.25, 0.3) is 0 Å². The van der Waals surface area contributed by atoms with Crippen LogP contribution in [0.15, 0.2) is 6.20 Å². The van der Waals surface area contributed by atoms with E-state index in [4.69, 9.17) is 5.26 Å². The number of thiazole rings is 1. The van der Waals surface area contributed by atoms with Crippen molar-refractivity contribution >= 4 is 11.3 Å². The summed E-state index contributed by atoms with van der Waals surface area (Å²) in [6.07, 6.45) is 4.59. The number of nitrogens with zero attached hydrogens (tertiary/aromatic N) is 2. The summed E-state index contributed by atoms with van der Waals surface area (Å²) in [5.41, 5.74) is 0.181. The Balaban J connectivity index is 2.29. The van der Waals surface area contributed by atoms with Crippen molar-refractivity contribution in [1.29, 1.82) is 5.26 Å². The van der Waals surface area contributed by atoms with Crippen LogP contribution in [0, 0.1) is 16.7 Å². The van der Waals surface area contributed by atoms with Gasteiger partial charge in [-0.3, -0.25) is 0 Å². The number of hydrogen-bond donors (Lipinski definition) is 1. The topological polar surface area (TPSA) is 48.7 Å². The third-order valence-electron chi connectivity index (χ3n) is 2.74. The SMILES string of the molecule is CCc1cnc(CNCC(C)(C)CCC#N)s1. The molecule has 0 saturated heterocycles. The maximum atomic E-state index is 8.58. The summed E-state index contributed by atoms with van der Waals surface area (Å²) in [6, 6.07) is 2.20. The van der Waals surface area contributed by atoms with Crippen LogP contribution in [0.5, 0.6) is 0 Å². The van der Waals surface area contributed by atoms with Gasteiger partial charge in [0.25, 0.3) is 0 Å². The van der Waals surface area contributed by atoms with E-state index in [1.807, 2.05) is 6.20 Å². The van der Waals surface area contributed by atoms with Gasteiger partial charge in [-0.1, -0.05) is 20.8 Å². The monoisotopic (exact) mass is 251 g/mol. The predicted molar refractivity (Wildman–Crippen MR) is 71.8 cm³/mol. The first-order valence-electron chi connectivity index (χ1n) is 6.08. The summed E-state index contributed by atoms with van der Waals surface area (Å²) in [6.45, 7) is 8.29. The molecule has 1 aromatic rings. The molecule has 1 N–H and O–H groups in total. The van der Waals surface area contributed by atoms with Crippen LogP contribution in [0.2, 0.25) is 0 Å². The summed E-state index contributed by atoms with van der Waals surface area (Å²) >= 11 is 1.78. The van der Waals surface area contributed by atoms with Gasteiger partial charge in [0.05, 0.1) is 6.07 Å². The highest BCUT2D eigenvalue weighted by atomic mass is 32.1. The molecule has 0 atom stereocenters. The molecule has 0 aliphatic rings. The Morgan fingerprint density at radius 3 is 2.88 bits per heavy atom. The van der Waals surface area contributed by atoms with Crippen LogP contribution in [0.1, 0.15) is 43.5 Å². The first kappa shape index (κ1) is 14.1. The highest BCUT2D eigenvalue weighted by molar-refractivity contribution is 7.11. The van der Waals surface area contributed by atoms with Crippen LogP contribution in [0.4, 0.5) is 0 Å². The van der Waals surface area contributed by atoms with Gasteiger partial charge in [0.15, 0.2) is 0 Å². The van der Waals surface area contributed by atoms with Gasteiger partial charge in [-0.05, 0) is 18.3 Å². The molecule has 17 heavy (non-hydrogen) atoms. The molecule has 3 nitrogen and oxygen atoms in total. The highest BCUT2D eigenvalue weighted by Gasteiger charge is 2.16. The number of hydrogen-bond acceptors (Lipinski definition) is 4. The number of aryl methyl sites for hydroxylation is 1. The average Bonchev–Trinajstić information content (AvgIpc) is 2.74. The van der Waals surface area contributed by atoms with Crippen molar-refractivity contribution < 1.29 is 0 Å². The Bertz CT molecular complexity index is 376. The zero-order chi connectivity index (χ0) is 12.7. The molecule has 0 fully saturated rings. The molecule has 0 aromatic carbocycles. The molecule has 0 aliphatic carbocycles. The molecule has 1 heterocycles. The number of rotatable bonds is 7. The fourth-order valence-electron chi connectivity index (χ4n) is 1.58. The highest BCUT2D eigenvalue weighted by Crippen LogP contribution is 2.21. The number of nitrogens with one attached hydrogen (secondary N) is 1.